The molecule has 508 valence electrons. The molecule has 0 heterocycles. The summed E-state index contributed by atoms with van der Waals surface area (Å²) in [4.78, 5) is 131. The summed E-state index contributed by atoms with van der Waals surface area (Å²) in [6.07, 6.45) is 12.9. The maximum Gasteiger partial charge on any atom is 0.417 e. The Kier molecular flexibility index (Phi) is 33.8. The number of rotatable bonds is 43. The quantitative estimate of drug-likeness (QED) is 0.00668. The van der Waals surface area contributed by atoms with E-state index in [0.29, 0.717) is 115 Å². The SMILES string of the molecule is C=CC(=O)OCCCOc1c2cc(C(=O)CCCCC)cc1Cc1cc(C(=O)CCCCC)cc(c1OCCCOC(=O)C=O)Cc1cc(C(=O)CCCCC)cc(c1OCCCOC(=O)C(=O)OC)Cc1cc(C(=O)CCCCC)cc(c1OCCCOC(=O)C=C)C2. The number of carbonyl (C=O) groups is 10. The predicted octanol–water partition coefficient (Wildman–Crippen LogP) is 13.4. The summed E-state index contributed by atoms with van der Waals surface area (Å²) in [6.45, 7) is 14.7. The summed E-state index contributed by atoms with van der Waals surface area (Å²) >= 11 is 0. The zero-order valence-electron chi connectivity index (χ0n) is 55.6. The van der Waals surface area contributed by atoms with E-state index in [-0.39, 0.29) is 159 Å². The predicted molar refractivity (Wildman–Crippen MR) is 354 cm³/mol. The molecule has 94 heavy (non-hydrogen) atoms. The van der Waals surface area contributed by atoms with E-state index >= 15 is 0 Å². The maximum absolute atomic E-state index is 14.7. The van der Waals surface area contributed by atoms with Gasteiger partial charge < -0.3 is 42.6 Å². The van der Waals surface area contributed by atoms with Crippen molar-refractivity contribution in [3.05, 3.63) is 141 Å². The molecule has 4 aromatic carbocycles. The van der Waals surface area contributed by atoms with Crippen LogP contribution in [0.25, 0.3) is 0 Å². The van der Waals surface area contributed by atoms with Gasteiger partial charge in [0.25, 0.3) is 0 Å². The van der Waals surface area contributed by atoms with Crippen molar-refractivity contribution in [2.75, 3.05) is 60.0 Å². The number of carbonyl (C=O) groups excluding carboxylic acids is 10. The normalized spacial score (nSPS) is 11.5. The first-order chi connectivity index (χ1) is 45.5. The van der Waals surface area contributed by atoms with Crippen molar-refractivity contribution in [2.45, 2.75) is 182 Å². The van der Waals surface area contributed by atoms with Gasteiger partial charge in [0.2, 0.25) is 6.29 Å². The summed E-state index contributed by atoms with van der Waals surface area (Å²) in [7, 11) is 1.07. The van der Waals surface area contributed by atoms with Crippen LogP contribution in [0.15, 0.2) is 73.8 Å². The molecule has 1 aliphatic carbocycles. The summed E-state index contributed by atoms with van der Waals surface area (Å²) in [5, 5.41) is 0. The molecule has 4 aromatic rings. The Morgan fingerprint density at radius 2 is 0.585 bits per heavy atom. The highest BCUT2D eigenvalue weighted by Crippen LogP contribution is 2.42. The van der Waals surface area contributed by atoms with E-state index < -0.39 is 29.8 Å². The summed E-state index contributed by atoms with van der Waals surface area (Å²) in [6, 6.07) is 14.3. The lowest BCUT2D eigenvalue weighted by Crippen LogP contribution is -2.20. The van der Waals surface area contributed by atoms with Crippen molar-refractivity contribution in [1.29, 1.82) is 0 Å². The van der Waals surface area contributed by atoms with Gasteiger partial charge in [-0.15, -0.1) is 0 Å². The summed E-state index contributed by atoms with van der Waals surface area (Å²) in [5.41, 5.74) is 5.57. The average molecular weight is 1300 g/mol. The second kappa shape index (κ2) is 41.8. The Hall–Kier alpha value is -8.74. The van der Waals surface area contributed by atoms with Crippen molar-refractivity contribution in [3.63, 3.8) is 0 Å². The molecule has 19 heteroatoms. The third-order valence-electron chi connectivity index (χ3n) is 15.7. The largest absolute Gasteiger partial charge is 0.493 e. The van der Waals surface area contributed by atoms with Gasteiger partial charge >= 0.3 is 29.8 Å². The van der Waals surface area contributed by atoms with Crippen molar-refractivity contribution in [3.8, 4) is 23.0 Å². The Labute approximate surface area is 552 Å². The van der Waals surface area contributed by atoms with Crippen LogP contribution in [0.5, 0.6) is 23.0 Å². The molecule has 0 aromatic heterocycles. The molecule has 1 aliphatic rings. The molecule has 0 radical (unpaired) electrons. The van der Waals surface area contributed by atoms with Crippen LogP contribution < -0.4 is 18.9 Å². The summed E-state index contributed by atoms with van der Waals surface area (Å²) < 4.78 is 53.2. The topological polar surface area (TPSA) is 254 Å². The van der Waals surface area contributed by atoms with Crippen LogP contribution in [0.1, 0.15) is 242 Å². The molecular formula is C75H94O19. The highest BCUT2D eigenvalue weighted by molar-refractivity contribution is 6.29. The minimum Gasteiger partial charge on any atom is -0.493 e. The van der Waals surface area contributed by atoms with Crippen LogP contribution in [0.3, 0.4) is 0 Å². The molecule has 0 spiro atoms. The van der Waals surface area contributed by atoms with E-state index in [9.17, 15) is 47.9 Å². The molecule has 0 unspecified atom stereocenters. The minimum atomic E-state index is -1.19. The van der Waals surface area contributed by atoms with Crippen LogP contribution in [0.4, 0.5) is 0 Å². The smallest absolute Gasteiger partial charge is 0.417 e. The molecule has 0 fully saturated rings. The lowest BCUT2D eigenvalue weighted by atomic mass is 9.86. The van der Waals surface area contributed by atoms with Crippen molar-refractivity contribution in [2.24, 2.45) is 0 Å². The van der Waals surface area contributed by atoms with Crippen LogP contribution in [0, 0.1) is 0 Å². The van der Waals surface area contributed by atoms with Crippen molar-refractivity contribution < 1.29 is 90.6 Å². The zero-order valence-corrected chi connectivity index (χ0v) is 55.6. The molecule has 0 aliphatic heterocycles. The van der Waals surface area contributed by atoms with E-state index in [0.717, 1.165) is 70.6 Å². The molecule has 0 N–H and O–H groups in total. The first-order valence-corrected chi connectivity index (χ1v) is 33.2. The average Bonchev–Trinajstić information content (AvgIpc) is 0.775. The number of aldehydes is 1. The number of methoxy groups -OCH3 is 1. The Bertz CT molecular complexity index is 3130. The van der Waals surface area contributed by atoms with Gasteiger partial charge in [0.1, 0.15) is 23.0 Å². The van der Waals surface area contributed by atoms with Crippen LogP contribution in [-0.2, 0) is 78.1 Å². The molecule has 5 rings (SSSR count). The van der Waals surface area contributed by atoms with Gasteiger partial charge in [-0.3, -0.25) is 24.0 Å². The van der Waals surface area contributed by atoms with Gasteiger partial charge in [-0.1, -0.05) is 92.2 Å². The number of unbranched alkanes of at least 4 members (excludes halogenated alkanes) is 8. The van der Waals surface area contributed by atoms with Gasteiger partial charge in [0.05, 0.1) is 60.0 Å². The van der Waals surface area contributed by atoms with Crippen molar-refractivity contribution in [1.82, 2.24) is 0 Å². The highest BCUT2D eigenvalue weighted by Gasteiger charge is 2.28. The molecular weight excluding hydrogens is 1200 g/mol. The maximum atomic E-state index is 14.7. The lowest BCUT2D eigenvalue weighted by Gasteiger charge is -2.25. The van der Waals surface area contributed by atoms with Crippen molar-refractivity contribution >= 4 is 59.3 Å². The third-order valence-corrected chi connectivity index (χ3v) is 15.7. The number of hydrogen-bond donors (Lipinski definition) is 0. The van der Waals surface area contributed by atoms with E-state index in [1.165, 1.54) is 0 Å². The Balaban J connectivity index is 2.00. The fourth-order valence-electron chi connectivity index (χ4n) is 10.9. The van der Waals surface area contributed by atoms with Gasteiger partial charge in [0.15, 0.2) is 23.1 Å². The fraction of sp³-hybridized carbons (Fsp3) is 0.493. The van der Waals surface area contributed by atoms with Crippen LogP contribution in [-0.4, -0.2) is 119 Å². The molecule has 0 saturated carbocycles. The van der Waals surface area contributed by atoms with E-state index in [1.54, 1.807) is 48.5 Å². The van der Waals surface area contributed by atoms with E-state index in [2.05, 4.69) is 31.7 Å². The van der Waals surface area contributed by atoms with Gasteiger partial charge in [-0.05, 0) is 119 Å². The number of esters is 5. The van der Waals surface area contributed by atoms with Gasteiger partial charge in [0, 0.05) is 111 Å². The monoisotopic (exact) mass is 1300 g/mol. The van der Waals surface area contributed by atoms with Crippen LogP contribution in [0.2, 0.25) is 0 Å². The first-order valence-electron chi connectivity index (χ1n) is 33.2. The number of ketones is 4. The first kappa shape index (κ1) is 76.0. The van der Waals surface area contributed by atoms with Gasteiger partial charge in [-0.2, -0.15) is 0 Å². The van der Waals surface area contributed by atoms with E-state index in [1.807, 2.05) is 13.8 Å². The fourth-order valence-corrected chi connectivity index (χ4v) is 10.9. The van der Waals surface area contributed by atoms with Crippen LogP contribution >= 0.6 is 0 Å². The minimum absolute atomic E-state index is 0.00660. The number of hydrogen-bond acceptors (Lipinski definition) is 19. The zero-order chi connectivity index (χ0) is 68.2. The molecule has 19 nitrogen and oxygen atoms in total. The third kappa shape index (κ3) is 24.6. The standard InChI is InChI=1S/C75H94O19/c1-8-14-18-26-63(77)51-38-55-46-56-39-52(64(78)27-19-15-9-2)41-58(71(56)91-34-23-31-88-68(82)13-6)48-61-44-54(66(80)29-21-17-11-4)45-62(73(61)93-36-25-37-94-75(85)74(84)86-7)49-60-43-53(65(79)28-20-16-10-3)42-59(72(60)92-35-24-32-89-69(83)50-76)47-57(40-51)70(55)90-33-22-30-87-67(81)12-5/h12-13,38-45,50H,5-6,8-11,14-37,46-49H2,1-4,7H3. The Morgan fingerprint density at radius 3 is 0.809 bits per heavy atom. The number of ether oxygens (including phenoxy) is 9. The molecule has 0 amide bonds. The second-order valence-electron chi connectivity index (χ2n) is 23.2. The summed E-state index contributed by atoms with van der Waals surface area (Å²) in [5.74, 6) is -3.81. The number of Topliss-reactive ketones (excluding diaryl/α,β-unsaturated/α-hetero) is 4. The second-order valence-corrected chi connectivity index (χ2v) is 23.2. The lowest BCUT2D eigenvalue weighted by molar-refractivity contribution is -0.166. The highest BCUT2D eigenvalue weighted by atomic mass is 16.6. The van der Waals surface area contributed by atoms with Gasteiger partial charge in [-0.25, -0.2) is 24.0 Å². The number of fused-ring (bicyclic) bond motifs is 8. The molecule has 0 atom stereocenters. The molecule has 8 bridgehead atoms. The Morgan fingerprint density at radius 1 is 0.340 bits per heavy atom. The molecule has 0 saturated heterocycles. The van der Waals surface area contributed by atoms with E-state index in [4.69, 9.17) is 37.9 Å². The number of benzene rings is 4.